The normalized spacial score (nSPS) is 23.3. The standard InChI is InChI=1S/C22H36N2O5S/c1-15(2)20-11-6-16(3)12-21(20)29-14-22(25)23-18-7-9-19(10-8-18)30(26,27)24-17(4)13-28-5/h7-10,15-17,20-21,24H,6,11-14H2,1-5H3,(H,23,25). The Balaban J connectivity index is 1.90. The molecule has 7 nitrogen and oxygen atoms in total. The number of hydrogen-bond acceptors (Lipinski definition) is 5. The highest BCUT2D eigenvalue weighted by molar-refractivity contribution is 7.89. The van der Waals surface area contributed by atoms with Crippen LogP contribution in [0.4, 0.5) is 5.69 Å². The van der Waals surface area contributed by atoms with Crippen molar-refractivity contribution in [1.29, 1.82) is 0 Å². The van der Waals surface area contributed by atoms with Crippen LogP contribution in [0.2, 0.25) is 0 Å². The smallest absolute Gasteiger partial charge is 0.250 e. The zero-order chi connectivity index (χ0) is 22.3. The number of nitrogens with one attached hydrogen (secondary N) is 2. The predicted molar refractivity (Wildman–Crippen MR) is 118 cm³/mol. The summed E-state index contributed by atoms with van der Waals surface area (Å²) in [4.78, 5) is 12.5. The van der Waals surface area contributed by atoms with Gasteiger partial charge in [0.25, 0.3) is 0 Å². The first-order valence-corrected chi connectivity index (χ1v) is 12.1. The Hall–Kier alpha value is -1.48. The maximum atomic E-state index is 12.4. The molecule has 0 spiro atoms. The van der Waals surface area contributed by atoms with Crippen molar-refractivity contribution in [1.82, 2.24) is 4.72 Å². The Labute approximate surface area is 181 Å². The average molecular weight is 441 g/mol. The van der Waals surface area contributed by atoms with Gasteiger partial charge in [0.2, 0.25) is 15.9 Å². The third-order valence-electron chi connectivity index (χ3n) is 5.61. The van der Waals surface area contributed by atoms with Gasteiger partial charge < -0.3 is 14.8 Å². The summed E-state index contributed by atoms with van der Waals surface area (Å²) in [6.45, 7) is 8.65. The van der Waals surface area contributed by atoms with Gasteiger partial charge in [-0.05, 0) is 61.8 Å². The van der Waals surface area contributed by atoms with Crippen molar-refractivity contribution in [2.45, 2.75) is 64.0 Å². The van der Waals surface area contributed by atoms with Crippen molar-refractivity contribution in [2.75, 3.05) is 25.6 Å². The summed E-state index contributed by atoms with van der Waals surface area (Å²) in [5.74, 6) is 1.38. The summed E-state index contributed by atoms with van der Waals surface area (Å²) in [6.07, 6.45) is 3.44. The van der Waals surface area contributed by atoms with Gasteiger partial charge in [-0.25, -0.2) is 13.1 Å². The third-order valence-corrected chi connectivity index (χ3v) is 7.22. The highest BCUT2D eigenvalue weighted by Crippen LogP contribution is 2.35. The van der Waals surface area contributed by atoms with E-state index in [0.29, 0.717) is 23.4 Å². The van der Waals surface area contributed by atoms with E-state index in [4.69, 9.17) is 9.47 Å². The maximum absolute atomic E-state index is 12.4. The number of amides is 1. The first-order valence-electron chi connectivity index (χ1n) is 10.6. The summed E-state index contributed by atoms with van der Waals surface area (Å²) < 4.78 is 38.2. The first-order chi connectivity index (χ1) is 14.1. The largest absolute Gasteiger partial charge is 0.383 e. The number of benzene rings is 1. The number of methoxy groups -OCH3 is 1. The van der Waals surface area contributed by atoms with E-state index in [2.05, 4.69) is 30.8 Å². The van der Waals surface area contributed by atoms with Crippen LogP contribution in [0.3, 0.4) is 0 Å². The van der Waals surface area contributed by atoms with Gasteiger partial charge in [-0.15, -0.1) is 0 Å². The minimum absolute atomic E-state index is 0.00323. The van der Waals surface area contributed by atoms with E-state index in [9.17, 15) is 13.2 Å². The quantitative estimate of drug-likeness (QED) is 0.581. The molecule has 2 rings (SSSR count). The number of hydrogen-bond donors (Lipinski definition) is 2. The molecule has 1 aromatic carbocycles. The fraction of sp³-hybridized carbons (Fsp3) is 0.682. The molecule has 1 fully saturated rings. The molecule has 8 heteroatoms. The van der Waals surface area contributed by atoms with Crippen molar-refractivity contribution in [3.8, 4) is 0 Å². The molecule has 170 valence electrons. The van der Waals surface area contributed by atoms with Gasteiger partial charge in [-0.2, -0.15) is 0 Å². The van der Waals surface area contributed by atoms with Crippen molar-refractivity contribution in [2.24, 2.45) is 17.8 Å². The lowest BCUT2D eigenvalue weighted by Crippen LogP contribution is -2.36. The number of carbonyl (C=O) groups is 1. The Kier molecular flexibility index (Phi) is 9.28. The Morgan fingerprint density at radius 1 is 1.17 bits per heavy atom. The summed E-state index contributed by atoms with van der Waals surface area (Å²) in [6, 6.07) is 5.75. The van der Waals surface area contributed by atoms with E-state index in [0.717, 1.165) is 12.8 Å². The Morgan fingerprint density at radius 2 is 1.83 bits per heavy atom. The van der Waals surface area contributed by atoms with Crippen LogP contribution < -0.4 is 10.0 Å². The molecule has 0 saturated heterocycles. The van der Waals surface area contributed by atoms with E-state index in [-0.39, 0.29) is 36.2 Å². The van der Waals surface area contributed by atoms with Crippen molar-refractivity contribution in [3.63, 3.8) is 0 Å². The number of ether oxygens (including phenoxy) is 2. The van der Waals surface area contributed by atoms with Gasteiger partial charge in [0, 0.05) is 18.8 Å². The minimum Gasteiger partial charge on any atom is -0.383 e. The molecule has 0 aromatic heterocycles. The molecule has 30 heavy (non-hydrogen) atoms. The van der Waals surface area contributed by atoms with Crippen LogP contribution in [0.15, 0.2) is 29.2 Å². The molecule has 1 aliphatic rings. The van der Waals surface area contributed by atoms with Crippen molar-refractivity contribution < 1.29 is 22.7 Å². The van der Waals surface area contributed by atoms with Crippen LogP contribution in [0.5, 0.6) is 0 Å². The average Bonchev–Trinajstić information content (AvgIpc) is 2.66. The highest BCUT2D eigenvalue weighted by Gasteiger charge is 2.31. The monoisotopic (exact) mass is 440 g/mol. The van der Waals surface area contributed by atoms with E-state index in [1.54, 1.807) is 19.1 Å². The summed E-state index contributed by atoms with van der Waals surface area (Å²) >= 11 is 0. The summed E-state index contributed by atoms with van der Waals surface area (Å²) in [5.41, 5.74) is 0.532. The third kappa shape index (κ3) is 7.34. The molecule has 0 aliphatic heterocycles. The van der Waals surface area contributed by atoms with Crippen LogP contribution >= 0.6 is 0 Å². The SMILES string of the molecule is COCC(C)NS(=O)(=O)c1ccc(NC(=O)COC2CC(C)CCC2C(C)C)cc1. The minimum atomic E-state index is -3.64. The summed E-state index contributed by atoms with van der Waals surface area (Å²) in [7, 11) is -2.12. The van der Waals surface area contributed by atoms with Crippen LogP contribution in [0.1, 0.15) is 47.0 Å². The number of rotatable bonds is 10. The fourth-order valence-electron chi connectivity index (χ4n) is 4.02. The van der Waals surface area contributed by atoms with Crippen LogP contribution in [0.25, 0.3) is 0 Å². The second-order valence-electron chi connectivity index (χ2n) is 8.73. The van der Waals surface area contributed by atoms with Crippen LogP contribution in [-0.2, 0) is 24.3 Å². The lowest BCUT2D eigenvalue weighted by atomic mass is 9.75. The zero-order valence-electron chi connectivity index (χ0n) is 18.7. The van der Waals surface area contributed by atoms with E-state index in [1.165, 1.54) is 25.7 Å². The topological polar surface area (TPSA) is 93.7 Å². The van der Waals surface area contributed by atoms with Gasteiger partial charge in [0.1, 0.15) is 6.61 Å². The molecular weight excluding hydrogens is 404 g/mol. The van der Waals surface area contributed by atoms with Gasteiger partial charge in [0.05, 0.1) is 17.6 Å². The fourth-order valence-corrected chi connectivity index (χ4v) is 5.25. The molecule has 2 N–H and O–H groups in total. The van der Waals surface area contributed by atoms with Gasteiger partial charge in [0.15, 0.2) is 0 Å². The van der Waals surface area contributed by atoms with Crippen LogP contribution in [0, 0.1) is 17.8 Å². The Bertz CT molecular complexity index is 779. The predicted octanol–water partition coefficient (Wildman–Crippen LogP) is 3.42. The van der Waals surface area contributed by atoms with E-state index < -0.39 is 10.0 Å². The molecule has 1 amide bonds. The molecule has 0 heterocycles. The Morgan fingerprint density at radius 3 is 2.43 bits per heavy atom. The number of carbonyl (C=O) groups excluding carboxylic acids is 1. The summed E-state index contributed by atoms with van der Waals surface area (Å²) in [5, 5.41) is 2.78. The molecule has 4 unspecified atom stereocenters. The van der Waals surface area contributed by atoms with Gasteiger partial charge >= 0.3 is 0 Å². The second kappa shape index (κ2) is 11.2. The highest BCUT2D eigenvalue weighted by atomic mass is 32.2. The van der Waals surface area contributed by atoms with Crippen molar-refractivity contribution >= 4 is 21.6 Å². The van der Waals surface area contributed by atoms with Gasteiger partial charge in [-0.3, -0.25) is 4.79 Å². The van der Waals surface area contributed by atoms with Crippen LogP contribution in [-0.4, -0.2) is 46.8 Å². The lowest BCUT2D eigenvalue weighted by molar-refractivity contribution is -0.126. The molecular formula is C22H36N2O5S. The molecule has 1 aromatic rings. The molecule has 0 radical (unpaired) electrons. The molecule has 1 saturated carbocycles. The zero-order valence-corrected chi connectivity index (χ0v) is 19.5. The molecule has 1 aliphatic carbocycles. The second-order valence-corrected chi connectivity index (χ2v) is 10.4. The van der Waals surface area contributed by atoms with E-state index in [1.807, 2.05) is 0 Å². The van der Waals surface area contributed by atoms with Gasteiger partial charge in [-0.1, -0.05) is 27.2 Å². The number of sulfonamides is 1. The molecule has 4 atom stereocenters. The maximum Gasteiger partial charge on any atom is 0.250 e. The van der Waals surface area contributed by atoms with Crippen molar-refractivity contribution in [3.05, 3.63) is 24.3 Å². The number of anilines is 1. The van der Waals surface area contributed by atoms with E-state index >= 15 is 0 Å². The first kappa shape index (κ1) is 24.8. The molecule has 0 bridgehead atoms. The lowest BCUT2D eigenvalue weighted by Gasteiger charge is -2.37.